The number of para-hydroxylation sites is 1. The fourth-order valence-corrected chi connectivity index (χ4v) is 4.66. The lowest BCUT2D eigenvalue weighted by atomic mass is 10.2. The number of aryl methyl sites for hydroxylation is 2. The molecule has 0 saturated heterocycles. The van der Waals surface area contributed by atoms with E-state index in [2.05, 4.69) is 0 Å². The predicted molar refractivity (Wildman–Crippen MR) is 127 cm³/mol. The van der Waals surface area contributed by atoms with E-state index in [1.807, 2.05) is 62.7 Å². The summed E-state index contributed by atoms with van der Waals surface area (Å²) in [6.45, 7) is 5.86. The van der Waals surface area contributed by atoms with Crippen LogP contribution in [0.15, 0.2) is 58.5 Å². The van der Waals surface area contributed by atoms with Crippen molar-refractivity contribution in [1.82, 2.24) is 14.1 Å². The molecule has 7 heteroatoms. The van der Waals surface area contributed by atoms with Crippen LogP contribution in [-0.2, 0) is 7.05 Å². The van der Waals surface area contributed by atoms with E-state index in [1.54, 1.807) is 22.8 Å². The number of rotatable bonds is 5. The summed E-state index contributed by atoms with van der Waals surface area (Å²) in [5.41, 5.74) is 4.68. The molecule has 5 nitrogen and oxygen atoms in total. The molecule has 0 radical (unpaired) electrons. The van der Waals surface area contributed by atoms with Crippen molar-refractivity contribution in [3.8, 4) is 5.69 Å². The first-order chi connectivity index (χ1) is 14.8. The van der Waals surface area contributed by atoms with Gasteiger partial charge in [0.05, 0.1) is 22.3 Å². The summed E-state index contributed by atoms with van der Waals surface area (Å²) in [4.78, 5) is 31.1. The minimum Gasteiger partial charge on any atom is -0.351 e. The van der Waals surface area contributed by atoms with E-state index in [4.69, 9.17) is 16.6 Å². The molecule has 31 heavy (non-hydrogen) atoms. The van der Waals surface area contributed by atoms with Gasteiger partial charge in [0.2, 0.25) is 0 Å². The van der Waals surface area contributed by atoms with Crippen LogP contribution in [0.3, 0.4) is 0 Å². The van der Waals surface area contributed by atoms with E-state index < -0.39 is 0 Å². The maximum atomic E-state index is 13.4. The molecule has 4 aromatic rings. The summed E-state index contributed by atoms with van der Waals surface area (Å²) in [6.07, 6.45) is 0. The van der Waals surface area contributed by atoms with Gasteiger partial charge in [-0.1, -0.05) is 41.6 Å². The van der Waals surface area contributed by atoms with Crippen molar-refractivity contribution in [3.05, 3.63) is 86.4 Å². The summed E-state index contributed by atoms with van der Waals surface area (Å²) < 4.78 is 3.59. The molecule has 0 aliphatic rings. The third-order valence-electron chi connectivity index (χ3n) is 5.56. The highest BCUT2D eigenvalue weighted by molar-refractivity contribution is 7.99. The second kappa shape index (κ2) is 8.36. The standard InChI is InChI=1S/C24H22ClN3O2S/c1-14-7-5-6-8-21(14)28-23(30)18-10-9-17(25)12-20(18)26-24(28)31-13-22(29)19-11-15(2)27(4)16(19)3/h5-12H,13H2,1-4H3. The van der Waals surface area contributed by atoms with Gasteiger partial charge in [0, 0.05) is 29.0 Å². The number of halogens is 1. The number of Topliss-reactive ketones (excluding diaryl/α,β-unsaturated/α-hetero) is 1. The van der Waals surface area contributed by atoms with Crippen molar-refractivity contribution in [2.45, 2.75) is 25.9 Å². The SMILES string of the molecule is Cc1ccccc1-n1c(SCC(=O)c2cc(C)n(C)c2C)nc2cc(Cl)ccc2c1=O. The summed E-state index contributed by atoms with van der Waals surface area (Å²) in [5.74, 6) is 0.178. The monoisotopic (exact) mass is 451 g/mol. The van der Waals surface area contributed by atoms with Gasteiger partial charge in [0.1, 0.15) is 0 Å². The zero-order chi connectivity index (χ0) is 22.3. The fraction of sp³-hybridized carbons (Fsp3) is 0.208. The molecule has 0 bridgehead atoms. The van der Waals surface area contributed by atoms with Crippen LogP contribution in [0.2, 0.25) is 5.02 Å². The number of ketones is 1. The summed E-state index contributed by atoms with van der Waals surface area (Å²) in [5, 5.41) is 1.46. The number of nitrogens with zero attached hydrogens (tertiary/aromatic N) is 3. The van der Waals surface area contributed by atoms with Crippen molar-refractivity contribution in [3.63, 3.8) is 0 Å². The highest BCUT2D eigenvalue weighted by Gasteiger charge is 2.19. The molecule has 0 spiro atoms. The largest absolute Gasteiger partial charge is 0.351 e. The number of carbonyl (C=O) groups excluding carboxylic acids is 1. The number of hydrogen-bond donors (Lipinski definition) is 0. The molecule has 0 unspecified atom stereocenters. The van der Waals surface area contributed by atoms with Crippen LogP contribution >= 0.6 is 23.4 Å². The minimum atomic E-state index is -0.183. The summed E-state index contributed by atoms with van der Waals surface area (Å²) in [7, 11) is 1.94. The van der Waals surface area contributed by atoms with Crippen LogP contribution in [0.25, 0.3) is 16.6 Å². The van der Waals surface area contributed by atoms with Gasteiger partial charge in [0.25, 0.3) is 5.56 Å². The second-order valence-electron chi connectivity index (χ2n) is 7.54. The summed E-state index contributed by atoms with van der Waals surface area (Å²) in [6, 6.07) is 14.6. The molecule has 2 aromatic heterocycles. The number of aromatic nitrogens is 3. The molecule has 2 aromatic carbocycles. The first-order valence-corrected chi connectivity index (χ1v) is 11.2. The predicted octanol–water partition coefficient (Wildman–Crippen LogP) is 5.28. The topological polar surface area (TPSA) is 56.9 Å². The highest BCUT2D eigenvalue weighted by atomic mass is 35.5. The Morgan fingerprint density at radius 3 is 2.52 bits per heavy atom. The quantitative estimate of drug-likeness (QED) is 0.235. The normalized spacial score (nSPS) is 11.3. The van der Waals surface area contributed by atoms with Gasteiger partial charge in [-0.3, -0.25) is 14.2 Å². The zero-order valence-corrected chi connectivity index (χ0v) is 19.3. The molecule has 158 valence electrons. The number of fused-ring (bicyclic) bond motifs is 1. The van der Waals surface area contributed by atoms with Gasteiger partial charge in [-0.05, 0) is 56.7 Å². The van der Waals surface area contributed by atoms with E-state index in [0.29, 0.717) is 26.6 Å². The Bertz CT molecular complexity index is 1390. The number of carbonyl (C=O) groups is 1. The molecule has 0 aliphatic carbocycles. The lowest BCUT2D eigenvalue weighted by molar-refractivity contribution is 0.102. The molecule has 0 aliphatic heterocycles. The molecule has 0 fully saturated rings. The molecular formula is C24H22ClN3O2S. The van der Waals surface area contributed by atoms with Crippen molar-refractivity contribution >= 4 is 40.0 Å². The first kappa shape index (κ1) is 21.4. The van der Waals surface area contributed by atoms with Gasteiger partial charge in [-0.2, -0.15) is 0 Å². The van der Waals surface area contributed by atoms with Gasteiger partial charge in [0.15, 0.2) is 10.9 Å². The van der Waals surface area contributed by atoms with Gasteiger partial charge < -0.3 is 4.57 Å². The molecular weight excluding hydrogens is 430 g/mol. The van der Waals surface area contributed by atoms with Gasteiger partial charge in [-0.25, -0.2) is 4.98 Å². The molecule has 0 saturated carbocycles. The van der Waals surface area contributed by atoms with Gasteiger partial charge in [-0.15, -0.1) is 0 Å². The van der Waals surface area contributed by atoms with Crippen molar-refractivity contribution in [2.24, 2.45) is 7.05 Å². The first-order valence-electron chi connectivity index (χ1n) is 9.85. The Morgan fingerprint density at radius 1 is 1.10 bits per heavy atom. The summed E-state index contributed by atoms with van der Waals surface area (Å²) >= 11 is 7.40. The Balaban J connectivity index is 1.81. The van der Waals surface area contributed by atoms with Crippen LogP contribution in [0, 0.1) is 20.8 Å². The maximum Gasteiger partial charge on any atom is 0.266 e. The number of hydrogen-bond acceptors (Lipinski definition) is 4. The van der Waals surface area contributed by atoms with Crippen LogP contribution in [0.5, 0.6) is 0 Å². The average Bonchev–Trinajstić information content (AvgIpc) is 3.00. The van der Waals surface area contributed by atoms with Crippen LogP contribution in [0.4, 0.5) is 0 Å². The van der Waals surface area contributed by atoms with Crippen LogP contribution < -0.4 is 5.56 Å². The molecule has 0 amide bonds. The smallest absolute Gasteiger partial charge is 0.266 e. The lowest BCUT2D eigenvalue weighted by Crippen LogP contribution is -2.23. The van der Waals surface area contributed by atoms with Crippen molar-refractivity contribution < 1.29 is 4.79 Å². The molecule has 4 rings (SSSR count). The lowest BCUT2D eigenvalue weighted by Gasteiger charge is -2.15. The van der Waals surface area contributed by atoms with E-state index in [1.165, 1.54) is 11.8 Å². The minimum absolute atomic E-state index is 0.00275. The number of benzene rings is 2. The Kier molecular flexibility index (Phi) is 5.77. The Labute approximate surface area is 189 Å². The molecule has 0 atom stereocenters. The molecule has 0 N–H and O–H groups in total. The van der Waals surface area contributed by atoms with Crippen molar-refractivity contribution in [2.75, 3.05) is 5.75 Å². The Morgan fingerprint density at radius 2 is 1.84 bits per heavy atom. The van der Waals surface area contributed by atoms with Crippen LogP contribution in [0.1, 0.15) is 27.3 Å². The highest BCUT2D eigenvalue weighted by Crippen LogP contribution is 2.26. The third kappa shape index (κ3) is 3.93. The third-order valence-corrected chi connectivity index (χ3v) is 6.74. The van der Waals surface area contributed by atoms with Crippen molar-refractivity contribution in [1.29, 1.82) is 0 Å². The van der Waals surface area contributed by atoms with E-state index >= 15 is 0 Å². The molecule has 2 heterocycles. The van der Waals surface area contributed by atoms with E-state index in [0.717, 1.165) is 22.6 Å². The van der Waals surface area contributed by atoms with E-state index in [-0.39, 0.29) is 17.1 Å². The fourth-order valence-electron chi connectivity index (χ4n) is 3.61. The Hall–Kier alpha value is -2.83. The average molecular weight is 452 g/mol. The van der Waals surface area contributed by atoms with Gasteiger partial charge >= 0.3 is 0 Å². The van der Waals surface area contributed by atoms with E-state index in [9.17, 15) is 9.59 Å². The second-order valence-corrected chi connectivity index (χ2v) is 8.92. The maximum absolute atomic E-state index is 13.4. The van der Waals surface area contributed by atoms with Crippen LogP contribution in [-0.4, -0.2) is 25.7 Å². The zero-order valence-electron chi connectivity index (χ0n) is 17.8. The number of thioether (sulfide) groups is 1.